The molecule has 0 spiro atoms. The van der Waals surface area contributed by atoms with Crippen molar-refractivity contribution < 1.29 is 0 Å². The Hall–Kier alpha value is 0.380. The van der Waals surface area contributed by atoms with E-state index >= 15 is 0 Å². The van der Waals surface area contributed by atoms with Crippen molar-refractivity contribution >= 4 is 37.1 Å². The normalized spacial score (nSPS) is 10.6. The van der Waals surface area contributed by atoms with Gasteiger partial charge in [0.2, 0.25) is 0 Å². The molecule has 11 heavy (non-hydrogen) atoms. The Labute approximate surface area is 84.1 Å². The van der Waals surface area contributed by atoms with Crippen molar-refractivity contribution in [3.8, 4) is 0 Å². The summed E-state index contributed by atoms with van der Waals surface area (Å²) < 4.78 is 1.33. The maximum absolute atomic E-state index is 2.73. The average Bonchev–Trinajstić information content (AvgIpc) is 1.94. The van der Waals surface area contributed by atoms with Crippen molar-refractivity contribution in [2.45, 2.75) is 19.8 Å². The summed E-state index contributed by atoms with van der Waals surface area (Å²) >= 11 is 2.36. The predicted molar refractivity (Wildman–Crippen MR) is 62.6 cm³/mol. The highest BCUT2D eigenvalue weighted by molar-refractivity contribution is 14.1. The maximum Gasteiger partial charge on any atom is 0.0204 e. The van der Waals surface area contributed by atoms with E-state index in [1.807, 2.05) is 0 Å². The zero-order valence-corrected chi connectivity index (χ0v) is 10.1. The lowest BCUT2D eigenvalue weighted by molar-refractivity contribution is 0.866. The van der Waals surface area contributed by atoms with Gasteiger partial charge in [0.05, 0.1) is 0 Å². The minimum atomic E-state index is 0.633. The number of hydrogen-bond donors (Lipinski definition) is 0. The van der Waals surface area contributed by atoms with E-state index in [0.29, 0.717) is 5.92 Å². The van der Waals surface area contributed by atoms with E-state index in [4.69, 9.17) is 0 Å². The predicted octanol–water partition coefficient (Wildman–Crippen LogP) is 2.92. The van der Waals surface area contributed by atoms with Crippen LogP contribution in [-0.2, 0) is 0 Å². The second kappa shape index (κ2) is 3.86. The molecule has 2 heteroatoms. The van der Waals surface area contributed by atoms with Crippen molar-refractivity contribution in [2.24, 2.45) is 0 Å². The molecule has 0 amide bonds. The molecule has 60 valence electrons. The summed E-state index contributed by atoms with van der Waals surface area (Å²) in [5, 5.41) is 1.29. The highest BCUT2D eigenvalue weighted by Crippen LogP contribution is 2.16. The monoisotopic (exact) mass is 278 g/mol. The van der Waals surface area contributed by atoms with Crippen molar-refractivity contribution in [3.63, 3.8) is 0 Å². The zero-order valence-electron chi connectivity index (χ0n) is 6.76. The average molecular weight is 278 g/mol. The molecule has 0 aliphatic heterocycles. The molecule has 1 unspecified atom stereocenters. The highest BCUT2D eigenvalue weighted by atomic mass is 127. The van der Waals surface area contributed by atoms with E-state index in [9.17, 15) is 0 Å². The topological polar surface area (TPSA) is 0 Å². The third kappa shape index (κ3) is 2.41. The Morgan fingerprint density at radius 3 is 2.45 bits per heavy atom. The number of hydrogen-bond acceptors (Lipinski definition) is 0. The molecule has 0 saturated carbocycles. The fraction of sp³-hybridized carbons (Fsp3) is 0.333. The standard InChI is InChI=1S/C9H12IP/c1-6(2)7-3-4-9(11)8(10)5-7/h3-6H,11H2,1-2H3. The molecule has 0 aliphatic carbocycles. The first-order valence-corrected chi connectivity index (χ1v) is 5.32. The fourth-order valence-electron chi connectivity index (χ4n) is 0.903. The Morgan fingerprint density at radius 1 is 1.36 bits per heavy atom. The van der Waals surface area contributed by atoms with Gasteiger partial charge in [-0.05, 0) is 45.4 Å². The van der Waals surface area contributed by atoms with Crippen molar-refractivity contribution in [3.05, 3.63) is 27.3 Å². The third-order valence-electron chi connectivity index (χ3n) is 1.69. The van der Waals surface area contributed by atoms with Crippen LogP contribution in [0.1, 0.15) is 25.3 Å². The Bertz CT molecular complexity index is 256. The van der Waals surface area contributed by atoms with Gasteiger partial charge in [-0.1, -0.05) is 26.0 Å². The Kier molecular flexibility index (Phi) is 3.32. The molecule has 0 saturated heterocycles. The second-order valence-electron chi connectivity index (χ2n) is 2.94. The van der Waals surface area contributed by atoms with Gasteiger partial charge in [0.1, 0.15) is 0 Å². The van der Waals surface area contributed by atoms with Crippen molar-refractivity contribution in [2.75, 3.05) is 0 Å². The quantitative estimate of drug-likeness (QED) is 0.547. The summed E-state index contributed by atoms with van der Waals surface area (Å²) in [5.74, 6) is 0.633. The zero-order chi connectivity index (χ0) is 8.43. The van der Waals surface area contributed by atoms with Gasteiger partial charge in [-0.15, -0.1) is 9.24 Å². The van der Waals surface area contributed by atoms with Crippen LogP contribution in [-0.4, -0.2) is 0 Å². The van der Waals surface area contributed by atoms with Crippen LogP contribution in [0.15, 0.2) is 18.2 Å². The summed E-state index contributed by atoms with van der Waals surface area (Å²) in [6, 6.07) is 6.59. The van der Waals surface area contributed by atoms with E-state index in [-0.39, 0.29) is 0 Å². The van der Waals surface area contributed by atoms with Gasteiger partial charge in [-0.2, -0.15) is 0 Å². The largest absolute Gasteiger partial charge is 0.104 e. The molecule has 0 aliphatic rings. The molecule has 0 radical (unpaired) electrons. The molecule has 0 aromatic heterocycles. The number of benzene rings is 1. The SMILES string of the molecule is CC(C)c1ccc(P)c(I)c1. The molecule has 1 atom stereocenters. The Morgan fingerprint density at radius 2 is 2.00 bits per heavy atom. The van der Waals surface area contributed by atoms with E-state index in [1.54, 1.807) is 0 Å². The molecule has 1 rings (SSSR count). The van der Waals surface area contributed by atoms with Crippen LogP contribution in [0.5, 0.6) is 0 Å². The molecule has 0 heterocycles. The van der Waals surface area contributed by atoms with Gasteiger partial charge in [-0.3, -0.25) is 0 Å². The number of halogens is 1. The minimum Gasteiger partial charge on any atom is -0.104 e. The Balaban J connectivity index is 3.05. The van der Waals surface area contributed by atoms with Crippen LogP contribution in [0.4, 0.5) is 0 Å². The summed E-state index contributed by atoms with van der Waals surface area (Å²) in [6.07, 6.45) is 0. The van der Waals surface area contributed by atoms with Crippen molar-refractivity contribution in [1.82, 2.24) is 0 Å². The first kappa shape index (κ1) is 9.47. The van der Waals surface area contributed by atoms with Gasteiger partial charge in [0, 0.05) is 3.57 Å². The van der Waals surface area contributed by atoms with Crippen LogP contribution in [0, 0.1) is 3.57 Å². The lowest BCUT2D eigenvalue weighted by atomic mass is 10.0. The van der Waals surface area contributed by atoms with E-state index < -0.39 is 0 Å². The van der Waals surface area contributed by atoms with Gasteiger partial charge >= 0.3 is 0 Å². The third-order valence-corrected chi connectivity index (χ3v) is 3.72. The van der Waals surface area contributed by atoms with E-state index in [1.165, 1.54) is 14.4 Å². The molecular weight excluding hydrogens is 266 g/mol. The van der Waals surface area contributed by atoms with E-state index in [0.717, 1.165) is 0 Å². The van der Waals surface area contributed by atoms with Gasteiger partial charge in [0.15, 0.2) is 0 Å². The van der Waals surface area contributed by atoms with Crippen LogP contribution < -0.4 is 5.30 Å². The maximum atomic E-state index is 2.73. The van der Waals surface area contributed by atoms with Crippen LogP contribution in [0.25, 0.3) is 0 Å². The van der Waals surface area contributed by atoms with Gasteiger partial charge in [0.25, 0.3) is 0 Å². The molecule has 1 aromatic carbocycles. The van der Waals surface area contributed by atoms with Gasteiger partial charge in [-0.25, -0.2) is 0 Å². The lowest BCUT2D eigenvalue weighted by Gasteiger charge is -2.06. The van der Waals surface area contributed by atoms with Gasteiger partial charge < -0.3 is 0 Å². The molecular formula is C9H12IP. The highest BCUT2D eigenvalue weighted by Gasteiger charge is 2.00. The molecule has 0 nitrogen and oxygen atoms in total. The summed E-state index contributed by atoms with van der Waals surface area (Å²) in [6.45, 7) is 4.43. The van der Waals surface area contributed by atoms with Crippen LogP contribution in [0.3, 0.4) is 0 Å². The molecule has 0 fully saturated rings. The van der Waals surface area contributed by atoms with Crippen molar-refractivity contribution in [1.29, 1.82) is 0 Å². The summed E-state index contributed by atoms with van der Waals surface area (Å²) in [7, 11) is 2.73. The number of rotatable bonds is 1. The minimum absolute atomic E-state index is 0.633. The molecule has 0 bridgehead atoms. The first-order valence-electron chi connectivity index (χ1n) is 3.66. The first-order chi connectivity index (χ1) is 5.11. The summed E-state index contributed by atoms with van der Waals surface area (Å²) in [4.78, 5) is 0. The second-order valence-corrected chi connectivity index (χ2v) is 4.72. The lowest BCUT2D eigenvalue weighted by Crippen LogP contribution is -1.98. The smallest absolute Gasteiger partial charge is 0.0204 e. The fourth-order valence-corrected chi connectivity index (χ4v) is 1.62. The summed E-state index contributed by atoms with van der Waals surface area (Å²) in [5.41, 5.74) is 1.42. The molecule has 1 aromatic rings. The van der Waals surface area contributed by atoms with E-state index in [2.05, 4.69) is 63.9 Å². The van der Waals surface area contributed by atoms with Crippen LogP contribution >= 0.6 is 31.8 Å². The molecule has 0 N–H and O–H groups in total. The van der Waals surface area contributed by atoms with Crippen LogP contribution in [0.2, 0.25) is 0 Å².